The third-order valence-electron chi connectivity index (χ3n) is 3.48. The topological polar surface area (TPSA) is 66.0 Å². The van der Waals surface area contributed by atoms with E-state index >= 15 is 0 Å². The van der Waals surface area contributed by atoms with Crippen LogP contribution in [0.5, 0.6) is 0 Å². The summed E-state index contributed by atoms with van der Waals surface area (Å²) in [4.78, 5) is 9.15. The molecule has 0 fully saturated rings. The van der Waals surface area contributed by atoms with Gasteiger partial charge < -0.3 is 4.57 Å². The third kappa shape index (κ3) is 3.05. The molecule has 0 radical (unpaired) electrons. The van der Waals surface area contributed by atoms with Gasteiger partial charge in [0.1, 0.15) is 5.82 Å². The number of amidine groups is 1. The van der Waals surface area contributed by atoms with Crippen LogP contribution in [0, 0.1) is 11.5 Å². The molecule has 0 spiro atoms. The Morgan fingerprint density at radius 1 is 1.26 bits per heavy atom. The molecule has 0 unspecified atom stereocenters. The van der Waals surface area contributed by atoms with Crippen LogP contribution >= 0.6 is 11.8 Å². The molecule has 2 aromatic carbocycles. The van der Waals surface area contributed by atoms with Gasteiger partial charge in [0.15, 0.2) is 11.4 Å². The summed E-state index contributed by atoms with van der Waals surface area (Å²) in [7, 11) is 2.01. The molecule has 0 bridgehead atoms. The molecule has 1 heterocycles. The number of imidazole rings is 1. The first kappa shape index (κ1) is 15.1. The summed E-state index contributed by atoms with van der Waals surface area (Å²) < 4.78 is 2.07. The second-order valence-corrected chi connectivity index (χ2v) is 5.69. The number of nitrogens with zero attached hydrogens (tertiary/aromatic N) is 4. The van der Waals surface area contributed by atoms with Crippen molar-refractivity contribution in [1.82, 2.24) is 14.9 Å². The van der Waals surface area contributed by atoms with Crippen LogP contribution < -0.4 is 5.32 Å². The van der Waals surface area contributed by atoms with E-state index in [1.54, 1.807) is 0 Å². The number of benzene rings is 2. The molecule has 0 aliphatic rings. The van der Waals surface area contributed by atoms with Crippen molar-refractivity contribution in [3.8, 4) is 17.6 Å². The van der Waals surface area contributed by atoms with Crippen molar-refractivity contribution in [2.75, 3.05) is 6.26 Å². The van der Waals surface area contributed by atoms with Gasteiger partial charge in [-0.05, 0) is 24.5 Å². The fraction of sp³-hybridized carbons (Fsp3) is 0.118. The van der Waals surface area contributed by atoms with Crippen LogP contribution in [0.25, 0.3) is 22.4 Å². The van der Waals surface area contributed by atoms with Gasteiger partial charge in [0, 0.05) is 12.6 Å². The van der Waals surface area contributed by atoms with Gasteiger partial charge in [0.05, 0.1) is 16.7 Å². The van der Waals surface area contributed by atoms with Crippen LogP contribution in [0.15, 0.2) is 53.5 Å². The normalized spacial score (nSPS) is 11.4. The predicted octanol–water partition coefficient (Wildman–Crippen LogP) is 3.66. The van der Waals surface area contributed by atoms with Gasteiger partial charge in [-0.1, -0.05) is 42.1 Å². The van der Waals surface area contributed by atoms with Gasteiger partial charge in [-0.15, -0.1) is 0 Å². The molecular formula is C17H15N5S. The zero-order valence-corrected chi connectivity index (χ0v) is 13.6. The molecule has 0 atom stereocenters. The maximum atomic E-state index is 8.71. The smallest absolute Gasteiger partial charge is 0.183 e. The number of aryl methyl sites for hydroxylation is 1. The second kappa shape index (κ2) is 6.55. The first-order valence-electron chi connectivity index (χ1n) is 7.02. The molecule has 1 N–H and O–H groups in total. The number of hydrogen-bond donors (Lipinski definition) is 1. The Hall–Kier alpha value is -2.78. The summed E-state index contributed by atoms with van der Waals surface area (Å²) in [6.45, 7) is 0. The van der Waals surface area contributed by atoms with Gasteiger partial charge in [0.2, 0.25) is 0 Å². The first-order chi connectivity index (χ1) is 11.2. The van der Waals surface area contributed by atoms with Crippen molar-refractivity contribution in [1.29, 1.82) is 5.26 Å². The third-order valence-corrected chi connectivity index (χ3v) is 4.06. The molecule has 114 valence electrons. The molecule has 0 aliphatic carbocycles. The number of rotatable bonds is 2. The molecule has 3 aromatic rings. The Balaban J connectivity index is 2.06. The highest BCUT2D eigenvalue weighted by atomic mass is 32.2. The number of nitrogens with one attached hydrogen (secondary N) is 1. The lowest BCUT2D eigenvalue weighted by molar-refractivity contribution is 0.959. The quantitative estimate of drug-likeness (QED) is 0.338. The van der Waals surface area contributed by atoms with Gasteiger partial charge in [-0.3, -0.25) is 5.32 Å². The van der Waals surface area contributed by atoms with Crippen molar-refractivity contribution in [2.45, 2.75) is 0 Å². The minimum Gasteiger partial charge on any atom is -0.327 e. The van der Waals surface area contributed by atoms with E-state index in [4.69, 9.17) is 10.2 Å². The highest BCUT2D eigenvalue weighted by molar-refractivity contribution is 8.13. The molecule has 6 heteroatoms. The number of nitriles is 1. The van der Waals surface area contributed by atoms with E-state index in [1.807, 2.05) is 68.0 Å². The molecule has 0 aliphatic heterocycles. The van der Waals surface area contributed by atoms with Crippen molar-refractivity contribution >= 4 is 33.7 Å². The Kier molecular flexibility index (Phi) is 4.31. The van der Waals surface area contributed by atoms with Crippen molar-refractivity contribution in [2.24, 2.45) is 12.0 Å². The number of aromatic nitrogens is 2. The van der Waals surface area contributed by atoms with E-state index in [0.717, 1.165) is 28.1 Å². The maximum Gasteiger partial charge on any atom is 0.183 e. The summed E-state index contributed by atoms with van der Waals surface area (Å²) in [6.07, 6.45) is 3.76. The highest BCUT2D eigenvalue weighted by Crippen LogP contribution is 2.26. The van der Waals surface area contributed by atoms with E-state index < -0.39 is 0 Å². The monoisotopic (exact) mass is 321 g/mol. The van der Waals surface area contributed by atoms with Gasteiger partial charge >= 0.3 is 0 Å². The average Bonchev–Trinajstić information content (AvgIpc) is 2.91. The number of hydrogen-bond acceptors (Lipinski definition) is 4. The van der Waals surface area contributed by atoms with Crippen LogP contribution in [0.2, 0.25) is 0 Å². The number of fused-ring (bicyclic) bond motifs is 1. The molecule has 0 saturated carbocycles. The summed E-state index contributed by atoms with van der Waals surface area (Å²) in [6, 6.07) is 15.9. The Labute approximate surface area is 138 Å². The molecular weight excluding hydrogens is 306 g/mol. The standard InChI is InChI=1S/C17H15N5S/c1-22-15-9-8-13(20-17(23-2)19-11-18)10-14(15)21-16(22)12-6-4-3-5-7-12/h3-10H,1-2H3,(H,19,20). The van der Waals surface area contributed by atoms with Crippen LogP contribution in [-0.4, -0.2) is 21.0 Å². The van der Waals surface area contributed by atoms with Crippen LogP contribution in [0.3, 0.4) is 0 Å². The van der Waals surface area contributed by atoms with Crippen LogP contribution in [0.4, 0.5) is 5.69 Å². The van der Waals surface area contributed by atoms with Crippen LogP contribution in [0.1, 0.15) is 0 Å². The summed E-state index contributed by atoms with van der Waals surface area (Å²) in [5.74, 6) is 0.918. The fourth-order valence-electron chi connectivity index (χ4n) is 2.39. The summed E-state index contributed by atoms with van der Waals surface area (Å²) in [5, 5.41) is 11.8. The summed E-state index contributed by atoms with van der Waals surface area (Å²) in [5.41, 5.74) is 3.77. The first-order valence-corrected chi connectivity index (χ1v) is 8.25. The van der Waals surface area contributed by atoms with Gasteiger partial charge in [0.25, 0.3) is 0 Å². The zero-order valence-electron chi connectivity index (χ0n) is 12.8. The lowest BCUT2D eigenvalue weighted by Gasteiger charge is -2.02. The van der Waals surface area contributed by atoms with Crippen molar-refractivity contribution in [3.05, 3.63) is 48.5 Å². The lowest BCUT2D eigenvalue weighted by atomic mass is 10.2. The molecule has 5 nitrogen and oxygen atoms in total. The number of thioether (sulfide) groups is 1. The van der Waals surface area contributed by atoms with E-state index in [2.05, 4.69) is 14.9 Å². The highest BCUT2D eigenvalue weighted by Gasteiger charge is 2.10. The zero-order chi connectivity index (χ0) is 16.2. The van der Waals surface area contributed by atoms with E-state index in [1.165, 1.54) is 11.8 Å². The largest absolute Gasteiger partial charge is 0.327 e. The SMILES string of the molecule is CSC(=Nc1ccc2c(c1)nc(-c1ccccc1)n2C)NC#N. The Morgan fingerprint density at radius 2 is 2.04 bits per heavy atom. The predicted molar refractivity (Wildman–Crippen MR) is 95.5 cm³/mol. The molecule has 1 aromatic heterocycles. The number of aliphatic imine (C=N–C) groups is 1. The van der Waals surface area contributed by atoms with E-state index in [9.17, 15) is 0 Å². The Bertz CT molecular complexity index is 906. The summed E-state index contributed by atoms with van der Waals surface area (Å²) >= 11 is 1.39. The molecule has 3 rings (SSSR count). The minimum atomic E-state index is 0.561. The maximum absolute atomic E-state index is 8.71. The second-order valence-electron chi connectivity index (χ2n) is 4.89. The van der Waals surface area contributed by atoms with Crippen LogP contribution in [-0.2, 0) is 7.05 Å². The van der Waals surface area contributed by atoms with Crippen molar-refractivity contribution in [3.63, 3.8) is 0 Å². The fourth-order valence-corrected chi connectivity index (χ4v) is 2.74. The average molecular weight is 321 g/mol. The van der Waals surface area contributed by atoms with E-state index in [0.29, 0.717) is 5.17 Å². The molecule has 0 saturated heterocycles. The minimum absolute atomic E-state index is 0.561. The van der Waals surface area contributed by atoms with Crippen molar-refractivity contribution < 1.29 is 0 Å². The Morgan fingerprint density at radius 3 is 2.74 bits per heavy atom. The van der Waals surface area contributed by atoms with E-state index in [-0.39, 0.29) is 0 Å². The lowest BCUT2D eigenvalue weighted by Crippen LogP contribution is -2.12. The molecule has 23 heavy (non-hydrogen) atoms. The molecule has 0 amide bonds. The van der Waals surface area contributed by atoms with Gasteiger partial charge in [-0.2, -0.15) is 5.26 Å². The van der Waals surface area contributed by atoms with Gasteiger partial charge in [-0.25, -0.2) is 9.98 Å².